The number of urea groups is 1. The van der Waals surface area contributed by atoms with Gasteiger partial charge in [-0.3, -0.25) is 5.32 Å². The Kier molecular flexibility index (Phi) is 6.56. The van der Waals surface area contributed by atoms with Crippen LogP contribution < -0.4 is 10.1 Å². The van der Waals surface area contributed by atoms with Crippen molar-refractivity contribution in [1.82, 2.24) is 19.8 Å². The zero-order chi connectivity index (χ0) is 23.2. The van der Waals surface area contributed by atoms with Gasteiger partial charge in [0.05, 0.1) is 18.3 Å². The van der Waals surface area contributed by atoms with Gasteiger partial charge >= 0.3 is 6.03 Å². The molecule has 2 aromatic carbocycles. The Hall–Kier alpha value is -4.07. The molecule has 1 N–H and O–H groups in total. The number of amides is 2. The highest BCUT2D eigenvalue weighted by molar-refractivity contribution is 6.08. The van der Waals surface area contributed by atoms with Gasteiger partial charge < -0.3 is 18.9 Å². The van der Waals surface area contributed by atoms with Crippen LogP contribution in [-0.2, 0) is 11.3 Å². The van der Waals surface area contributed by atoms with Crippen LogP contribution in [0.25, 0.3) is 0 Å². The molecule has 0 spiro atoms. The van der Waals surface area contributed by atoms with Crippen molar-refractivity contribution in [2.75, 3.05) is 6.54 Å². The molecule has 2 atom stereocenters. The van der Waals surface area contributed by atoms with Gasteiger partial charge in [0.25, 0.3) is 0 Å². The molecule has 34 heavy (non-hydrogen) atoms. The lowest BCUT2D eigenvalue weighted by molar-refractivity contribution is 0.0730. The number of rotatable bonds is 8. The van der Waals surface area contributed by atoms with Crippen LogP contribution in [0.2, 0.25) is 0 Å². The fraction of sp³-hybridized carbons (Fsp3) is 0.269. The Labute approximate surface area is 198 Å². The summed E-state index contributed by atoms with van der Waals surface area (Å²) in [5.74, 6) is 2.12. The second-order valence-corrected chi connectivity index (χ2v) is 8.25. The van der Waals surface area contributed by atoms with E-state index in [0.717, 1.165) is 43.0 Å². The molecule has 2 aliphatic rings. The second-order valence-electron chi connectivity index (χ2n) is 8.25. The summed E-state index contributed by atoms with van der Waals surface area (Å²) in [4.78, 5) is 23.6. The minimum Gasteiger partial charge on any atom is -0.496 e. The van der Waals surface area contributed by atoms with Crippen LogP contribution >= 0.6 is 0 Å². The van der Waals surface area contributed by atoms with Crippen LogP contribution in [0.15, 0.2) is 90.6 Å². The van der Waals surface area contributed by atoms with Crippen molar-refractivity contribution in [2.24, 2.45) is 4.99 Å². The molecule has 0 aliphatic carbocycles. The predicted octanol–water partition coefficient (Wildman–Crippen LogP) is 4.88. The molecule has 3 aromatic rings. The van der Waals surface area contributed by atoms with E-state index >= 15 is 0 Å². The zero-order valence-corrected chi connectivity index (χ0v) is 18.8. The number of nitrogens with one attached hydrogen (secondary N) is 1. The third kappa shape index (κ3) is 5.11. The highest BCUT2D eigenvalue weighted by Gasteiger charge is 2.42. The van der Waals surface area contributed by atoms with Crippen LogP contribution in [0, 0.1) is 0 Å². The van der Waals surface area contributed by atoms with E-state index in [2.05, 4.69) is 10.3 Å². The van der Waals surface area contributed by atoms with E-state index < -0.39 is 0 Å². The van der Waals surface area contributed by atoms with Gasteiger partial charge in [-0.1, -0.05) is 18.2 Å². The van der Waals surface area contributed by atoms with Crippen molar-refractivity contribution < 1.29 is 14.3 Å². The maximum atomic E-state index is 12.9. The summed E-state index contributed by atoms with van der Waals surface area (Å²) in [6.45, 7) is 1.39. The summed E-state index contributed by atoms with van der Waals surface area (Å²) in [6.07, 6.45) is 11.6. The van der Waals surface area contributed by atoms with E-state index in [0.29, 0.717) is 12.4 Å². The molecule has 2 amide bonds. The molecule has 3 heterocycles. The molecule has 8 nitrogen and oxygen atoms in total. The van der Waals surface area contributed by atoms with Gasteiger partial charge in [-0.25, -0.2) is 14.8 Å². The fourth-order valence-electron chi connectivity index (χ4n) is 4.22. The third-order valence-corrected chi connectivity index (χ3v) is 5.87. The number of aryl methyl sites for hydroxylation is 1. The predicted molar refractivity (Wildman–Crippen MR) is 129 cm³/mol. The molecular weight excluding hydrogens is 430 g/mol. The van der Waals surface area contributed by atoms with Gasteiger partial charge in [-0.2, -0.15) is 0 Å². The van der Waals surface area contributed by atoms with Crippen molar-refractivity contribution in [1.29, 1.82) is 0 Å². The summed E-state index contributed by atoms with van der Waals surface area (Å²) < 4.78 is 13.8. The molecule has 2 aliphatic heterocycles. The molecule has 0 radical (unpaired) electrons. The van der Waals surface area contributed by atoms with E-state index in [1.165, 1.54) is 0 Å². The number of hydrogen-bond donors (Lipinski definition) is 1. The lowest BCUT2D eigenvalue weighted by Crippen LogP contribution is -2.45. The van der Waals surface area contributed by atoms with Crippen molar-refractivity contribution in [3.8, 4) is 11.5 Å². The van der Waals surface area contributed by atoms with Gasteiger partial charge in [0.2, 0.25) is 0 Å². The Morgan fingerprint density at radius 1 is 1.09 bits per heavy atom. The third-order valence-electron chi connectivity index (χ3n) is 5.87. The lowest BCUT2D eigenvalue weighted by Gasteiger charge is -2.31. The number of aliphatic imine (C=N–C) groups is 1. The lowest BCUT2D eigenvalue weighted by atomic mass is 10.0. The number of aromatic nitrogens is 2. The van der Waals surface area contributed by atoms with E-state index in [-0.39, 0.29) is 18.2 Å². The van der Waals surface area contributed by atoms with Crippen LogP contribution in [0.1, 0.15) is 19.3 Å². The van der Waals surface area contributed by atoms with Crippen LogP contribution in [0.4, 0.5) is 10.5 Å². The van der Waals surface area contributed by atoms with Gasteiger partial charge in [0.1, 0.15) is 29.5 Å². The van der Waals surface area contributed by atoms with Gasteiger partial charge in [0, 0.05) is 25.5 Å². The maximum absolute atomic E-state index is 12.9. The number of nitrogens with zero attached hydrogens (tertiary/aromatic N) is 4. The maximum Gasteiger partial charge on any atom is 0.323 e. The second kappa shape index (κ2) is 10.2. The Balaban J connectivity index is 1.32. The average molecular weight is 458 g/mol. The van der Waals surface area contributed by atoms with Crippen molar-refractivity contribution in [3.63, 3.8) is 0 Å². The largest absolute Gasteiger partial charge is 0.496 e. The molecule has 5 rings (SSSR count). The zero-order valence-electron chi connectivity index (χ0n) is 18.8. The number of carbonyl (C=O) groups excluding carboxylic acids is 1. The average Bonchev–Trinajstić information content (AvgIpc) is 3.49. The van der Waals surface area contributed by atoms with E-state index in [1.54, 1.807) is 18.8 Å². The quantitative estimate of drug-likeness (QED) is 0.523. The first-order valence-electron chi connectivity index (χ1n) is 11.5. The summed E-state index contributed by atoms with van der Waals surface area (Å²) in [5.41, 5.74) is 0.743. The standard InChI is InChI=1S/C26H27N5O3/c32-26-29-25(28-20-10-12-22(13-11-20)34-21-7-2-1-3-8-21)24(23-9-4-5-18-33-23)31(26)16-6-15-30-17-14-27-19-30/h1-3,5,7-8,10-14,17-19,23-24H,4,6,9,15-16H2,(H,28,29,32). The number of amidine groups is 1. The normalized spacial score (nSPS) is 20.9. The number of hydrogen-bond acceptors (Lipinski definition) is 5. The molecule has 1 fully saturated rings. The first-order valence-corrected chi connectivity index (χ1v) is 11.5. The fourth-order valence-corrected chi connectivity index (χ4v) is 4.22. The summed E-state index contributed by atoms with van der Waals surface area (Å²) >= 11 is 0. The van der Waals surface area contributed by atoms with Crippen LogP contribution in [0.3, 0.4) is 0 Å². The van der Waals surface area contributed by atoms with E-state index in [4.69, 9.17) is 14.5 Å². The van der Waals surface area contributed by atoms with Crippen molar-refractivity contribution in [2.45, 2.75) is 38.0 Å². The van der Waals surface area contributed by atoms with E-state index in [9.17, 15) is 4.79 Å². The van der Waals surface area contributed by atoms with Gasteiger partial charge in [-0.05, 0) is 61.7 Å². The molecule has 2 unspecified atom stereocenters. The number of para-hydroxylation sites is 1. The Morgan fingerprint density at radius 2 is 1.91 bits per heavy atom. The molecule has 1 aromatic heterocycles. The molecule has 8 heteroatoms. The minimum atomic E-state index is -0.263. The highest BCUT2D eigenvalue weighted by Crippen LogP contribution is 2.27. The topological polar surface area (TPSA) is 81.0 Å². The number of benzene rings is 2. The molecule has 0 saturated carbocycles. The minimum absolute atomic E-state index is 0.142. The molecular formula is C26H27N5O3. The molecule has 174 valence electrons. The summed E-state index contributed by atoms with van der Waals surface area (Å²) in [6, 6.07) is 16.8. The Bertz CT molecular complexity index is 1140. The van der Waals surface area contributed by atoms with Gasteiger partial charge in [0.15, 0.2) is 0 Å². The van der Waals surface area contributed by atoms with Crippen LogP contribution in [0.5, 0.6) is 11.5 Å². The smallest absolute Gasteiger partial charge is 0.323 e. The first kappa shape index (κ1) is 21.8. The first-order chi connectivity index (χ1) is 16.8. The van der Waals surface area contributed by atoms with E-state index in [1.807, 2.05) is 76.3 Å². The van der Waals surface area contributed by atoms with Crippen LogP contribution in [-0.4, -0.2) is 45.0 Å². The Morgan fingerprint density at radius 3 is 2.65 bits per heavy atom. The van der Waals surface area contributed by atoms with Gasteiger partial charge in [-0.15, -0.1) is 0 Å². The number of carbonyl (C=O) groups is 1. The number of allylic oxidation sites excluding steroid dienone is 1. The molecule has 1 saturated heterocycles. The number of ether oxygens (including phenoxy) is 2. The van der Waals surface area contributed by atoms with Crippen molar-refractivity contribution >= 4 is 17.6 Å². The monoisotopic (exact) mass is 457 g/mol. The summed E-state index contributed by atoms with van der Waals surface area (Å²) in [5, 5.41) is 2.98. The highest BCUT2D eigenvalue weighted by atomic mass is 16.5. The SMILES string of the molecule is O=C1NC(=Nc2ccc(Oc3ccccc3)cc2)C(C2CCC=CO2)N1CCCn1ccnc1. The van der Waals surface area contributed by atoms with Crippen molar-refractivity contribution in [3.05, 3.63) is 85.7 Å². The number of imidazole rings is 1. The molecule has 0 bridgehead atoms. The summed E-state index contributed by atoms with van der Waals surface area (Å²) in [7, 11) is 0.